The molecule has 0 aliphatic carbocycles. The van der Waals surface area contributed by atoms with Crippen molar-refractivity contribution >= 4 is 5.78 Å². The number of Topliss-reactive ketones (excluding diaryl/α,β-unsaturated/α-hetero) is 1. The number of hydrogen-bond donors (Lipinski definition) is 0. The van der Waals surface area contributed by atoms with Crippen molar-refractivity contribution in [2.24, 2.45) is 0 Å². The Balaban J connectivity index is 3.32. The molecule has 2 nitrogen and oxygen atoms in total. The molecule has 0 saturated carbocycles. The maximum atomic E-state index is 11.6. The molecule has 15 heavy (non-hydrogen) atoms. The number of rotatable bonds is 8. The molecule has 0 aromatic rings. The molecule has 0 aromatic carbocycles. The van der Waals surface area contributed by atoms with Crippen molar-refractivity contribution in [3.8, 4) is 0 Å². The number of carbonyl (C=O) groups excluding carboxylic acids is 1. The number of ether oxygens (including phenoxy) is 1. The van der Waals surface area contributed by atoms with Gasteiger partial charge in [0, 0.05) is 12.8 Å². The van der Waals surface area contributed by atoms with E-state index in [-0.39, 0.29) is 18.8 Å². The molecule has 0 fully saturated rings. The fraction of sp³-hybridized carbons (Fsp3) is 0.900. The topological polar surface area (TPSA) is 26.3 Å². The predicted molar refractivity (Wildman–Crippen MR) is 50.6 cm³/mol. The minimum atomic E-state index is -4.30. The largest absolute Gasteiger partial charge is 0.411 e. The van der Waals surface area contributed by atoms with E-state index in [9.17, 15) is 18.0 Å². The van der Waals surface area contributed by atoms with Crippen LogP contribution in [0.2, 0.25) is 0 Å². The normalized spacial score (nSPS) is 11.7. The minimum absolute atomic E-state index is 0.0226. The predicted octanol–water partition coefficient (Wildman–Crippen LogP) is 3.10. The molecule has 0 bridgehead atoms. The Morgan fingerprint density at radius 1 is 1.20 bits per heavy atom. The van der Waals surface area contributed by atoms with Gasteiger partial charge in [0.15, 0.2) is 0 Å². The number of hydrogen-bond acceptors (Lipinski definition) is 2. The van der Waals surface area contributed by atoms with Crippen LogP contribution in [0.3, 0.4) is 0 Å². The van der Waals surface area contributed by atoms with Gasteiger partial charge in [-0.15, -0.1) is 0 Å². The molecule has 0 N–H and O–H groups in total. The van der Waals surface area contributed by atoms with Crippen molar-refractivity contribution in [3.05, 3.63) is 0 Å². The summed E-state index contributed by atoms with van der Waals surface area (Å²) in [7, 11) is 0. The van der Waals surface area contributed by atoms with E-state index in [2.05, 4.69) is 4.74 Å². The molecule has 0 aliphatic rings. The Bertz CT molecular complexity index is 178. The monoisotopic (exact) mass is 226 g/mol. The second-order valence-corrected chi connectivity index (χ2v) is 3.41. The quantitative estimate of drug-likeness (QED) is 0.594. The number of unbranched alkanes of at least 4 members (excludes halogenated alkanes) is 2. The Morgan fingerprint density at radius 3 is 2.40 bits per heavy atom. The molecule has 0 aromatic heterocycles. The van der Waals surface area contributed by atoms with Gasteiger partial charge in [-0.1, -0.05) is 19.8 Å². The molecule has 5 heteroatoms. The first-order valence-corrected chi connectivity index (χ1v) is 5.12. The zero-order valence-electron chi connectivity index (χ0n) is 8.90. The molecule has 0 spiro atoms. The lowest BCUT2D eigenvalue weighted by atomic mass is 10.1. The van der Waals surface area contributed by atoms with Crippen LogP contribution in [0, 0.1) is 0 Å². The molecule has 0 radical (unpaired) electrons. The Kier molecular flexibility index (Phi) is 7.38. The van der Waals surface area contributed by atoms with Crippen LogP contribution in [-0.4, -0.2) is 25.2 Å². The third-order valence-corrected chi connectivity index (χ3v) is 1.85. The lowest BCUT2D eigenvalue weighted by Gasteiger charge is -2.06. The minimum Gasteiger partial charge on any atom is -0.372 e. The van der Waals surface area contributed by atoms with Crippen molar-refractivity contribution in [2.75, 3.05) is 13.2 Å². The first-order valence-electron chi connectivity index (χ1n) is 5.12. The standard InChI is InChI=1S/C10H17F3O2/c1-2-3-4-5-9(14)6-7-15-8-10(11,12)13/h2-8H2,1H3. The Hall–Kier alpha value is -0.580. The van der Waals surface area contributed by atoms with Gasteiger partial charge < -0.3 is 4.74 Å². The molecule has 0 heterocycles. The van der Waals surface area contributed by atoms with Crippen LogP contribution >= 0.6 is 0 Å². The lowest BCUT2D eigenvalue weighted by Crippen LogP contribution is -2.18. The molecule has 0 aliphatic heterocycles. The van der Waals surface area contributed by atoms with Gasteiger partial charge in [0.2, 0.25) is 0 Å². The van der Waals surface area contributed by atoms with E-state index < -0.39 is 12.8 Å². The highest BCUT2D eigenvalue weighted by Gasteiger charge is 2.27. The van der Waals surface area contributed by atoms with Gasteiger partial charge in [0.1, 0.15) is 12.4 Å². The van der Waals surface area contributed by atoms with E-state index in [1.165, 1.54) is 0 Å². The highest BCUT2D eigenvalue weighted by Crippen LogP contribution is 2.14. The van der Waals surface area contributed by atoms with Crippen LogP contribution < -0.4 is 0 Å². The third kappa shape index (κ3) is 11.3. The highest BCUT2D eigenvalue weighted by molar-refractivity contribution is 5.78. The average Bonchev–Trinajstić information content (AvgIpc) is 2.11. The lowest BCUT2D eigenvalue weighted by molar-refractivity contribution is -0.174. The Morgan fingerprint density at radius 2 is 1.87 bits per heavy atom. The molecule has 0 atom stereocenters. The molecular formula is C10H17F3O2. The number of halogens is 3. The summed E-state index contributed by atoms with van der Waals surface area (Å²) < 4.78 is 39.2. The van der Waals surface area contributed by atoms with E-state index in [0.29, 0.717) is 6.42 Å². The second-order valence-electron chi connectivity index (χ2n) is 3.41. The zero-order valence-corrected chi connectivity index (χ0v) is 8.90. The SMILES string of the molecule is CCCCCC(=O)CCOCC(F)(F)F. The molecule has 0 amide bonds. The second kappa shape index (κ2) is 7.68. The van der Waals surface area contributed by atoms with Gasteiger partial charge in [-0.3, -0.25) is 4.79 Å². The van der Waals surface area contributed by atoms with Crippen LogP contribution in [-0.2, 0) is 9.53 Å². The van der Waals surface area contributed by atoms with Crippen molar-refractivity contribution in [3.63, 3.8) is 0 Å². The van der Waals surface area contributed by atoms with Crippen molar-refractivity contribution in [1.29, 1.82) is 0 Å². The number of alkyl halides is 3. The van der Waals surface area contributed by atoms with Gasteiger partial charge in [-0.05, 0) is 6.42 Å². The summed E-state index contributed by atoms with van der Waals surface area (Å²) in [5.41, 5.74) is 0. The van der Waals surface area contributed by atoms with Crippen LogP contribution in [0.15, 0.2) is 0 Å². The van der Waals surface area contributed by atoms with E-state index in [1.54, 1.807) is 0 Å². The van der Waals surface area contributed by atoms with Crippen LogP contribution in [0.25, 0.3) is 0 Å². The molecule has 0 unspecified atom stereocenters. The molecular weight excluding hydrogens is 209 g/mol. The maximum absolute atomic E-state index is 11.6. The van der Waals surface area contributed by atoms with Gasteiger partial charge >= 0.3 is 6.18 Å². The molecule has 0 saturated heterocycles. The van der Waals surface area contributed by atoms with Gasteiger partial charge in [0.25, 0.3) is 0 Å². The van der Waals surface area contributed by atoms with Crippen LogP contribution in [0.1, 0.15) is 39.0 Å². The summed E-state index contributed by atoms with van der Waals surface area (Å²) in [6.45, 7) is 0.622. The van der Waals surface area contributed by atoms with Gasteiger partial charge in [0.05, 0.1) is 6.61 Å². The van der Waals surface area contributed by atoms with Crippen molar-refractivity contribution < 1.29 is 22.7 Å². The molecule has 90 valence electrons. The smallest absolute Gasteiger partial charge is 0.372 e. The Labute approximate surface area is 87.8 Å². The summed E-state index contributed by atoms with van der Waals surface area (Å²) in [5.74, 6) is -0.0226. The van der Waals surface area contributed by atoms with Crippen molar-refractivity contribution in [2.45, 2.75) is 45.2 Å². The number of ketones is 1. The highest BCUT2D eigenvalue weighted by atomic mass is 19.4. The van der Waals surface area contributed by atoms with E-state index >= 15 is 0 Å². The average molecular weight is 226 g/mol. The van der Waals surface area contributed by atoms with E-state index in [1.807, 2.05) is 6.92 Å². The van der Waals surface area contributed by atoms with Crippen LogP contribution in [0.4, 0.5) is 13.2 Å². The van der Waals surface area contributed by atoms with Crippen LogP contribution in [0.5, 0.6) is 0 Å². The third-order valence-electron chi connectivity index (χ3n) is 1.85. The fourth-order valence-electron chi connectivity index (χ4n) is 1.07. The van der Waals surface area contributed by atoms with Crippen molar-refractivity contribution in [1.82, 2.24) is 0 Å². The summed E-state index contributed by atoms with van der Waals surface area (Å²) in [6, 6.07) is 0. The summed E-state index contributed by atoms with van der Waals surface area (Å²) in [5, 5.41) is 0. The zero-order chi connectivity index (χ0) is 11.7. The number of carbonyl (C=O) groups is 1. The van der Waals surface area contributed by atoms with Gasteiger partial charge in [-0.2, -0.15) is 13.2 Å². The summed E-state index contributed by atoms with van der Waals surface area (Å²) >= 11 is 0. The van der Waals surface area contributed by atoms with Gasteiger partial charge in [-0.25, -0.2) is 0 Å². The molecule has 0 rings (SSSR count). The first kappa shape index (κ1) is 14.4. The van der Waals surface area contributed by atoms with E-state index in [0.717, 1.165) is 19.3 Å². The first-order chi connectivity index (χ1) is 6.95. The summed E-state index contributed by atoms with van der Waals surface area (Å²) in [4.78, 5) is 11.1. The maximum Gasteiger partial charge on any atom is 0.411 e. The fourth-order valence-corrected chi connectivity index (χ4v) is 1.07. The van der Waals surface area contributed by atoms with E-state index in [4.69, 9.17) is 0 Å². The summed E-state index contributed by atoms with van der Waals surface area (Å²) in [6.07, 6.45) is -0.949.